The molecule has 4 rings (SSSR count). The van der Waals surface area contributed by atoms with E-state index in [0.29, 0.717) is 31.1 Å². The number of halogens is 1. The van der Waals surface area contributed by atoms with Gasteiger partial charge in [0.2, 0.25) is 5.90 Å². The summed E-state index contributed by atoms with van der Waals surface area (Å²) < 4.78 is 12.5. The third-order valence-corrected chi connectivity index (χ3v) is 6.44. The molecule has 1 saturated heterocycles. The van der Waals surface area contributed by atoms with Crippen molar-refractivity contribution < 1.29 is 19.4 Å². The summed E-state index contributed by atoms with van der Waals surface area (Å²) in [6.07, 6.45) is 3.17. The lowest BCUT2D eigenvalue weighted by Crippen LogP contribution is -2.53. The van der Waals surface area contributed by atoms with Crippen molar-refractivity contribution in [3.05, 3.63) is 64.1 Å². The molecule has 0 spiro atoms. The second kappa shape index (κ2) is 10.5. The number of aliphatic hydroxyl groups excluding tert-OH is 1. The van der Waals surface area contributed by atoms with Gasteiger partial charge in [-0.1, -0.05) is 34.1 Å². The minimum absolute atomic E-state index is 0.0990. The summed E-state index contributed by atoms with van der Waals surface area (Å²) in [5.41, 5.74) is 3.82. The number of nitrogens with zero attached hydrogens (tertiary/aromatic N) is 2. The number of rotatable bonds is 9. The van der Waals surface area contributed by atoms with E-state index in [-0.39, 0.29) is 19.1 Å². The van der Waals surface area contributed by atoms with Gasteiger partial charge in [-0.25, -0.2) is 10.0 Å². The minimum Gasteiger partial charge on any atom is -0.494 e. The Labute approximate surface area is 196 Å². The molecule has 0 aromatic heterocycles. The Kier molecular flexibility index (Phi) is 7.44. The van der Waals surface area contributed by atoms with E-state index in [4.69, 9.17) is 19.6 Å². The van der Waals surface area contributed by atoms with Crippen LogP contribution < -0.4 is 10.2 Å². The highest BCUT2D eigenvalue weighted by Crippen LogP contribution is 2.30. The van der Waals surface area contributed by atoms with Gasteiger partial charge in [0.25, 0.3) is 5.91 Å². The molecule has 2 aromatic carbocycles. The standard InChI is InChI=1S/C24H28BrN3O4/c25-21-7-2-1-6-19(21)16-24(23(30)27-28-12-3-4-13-28)17-32-22(26-24)18-8-10-20(11-9-18)31-15-5-14-29/h1-2,6-11,29H,3-5,12-17H2,(H,27,30)/t24-/m0/s1. The lowest BCUT2D eigenvalue weighted by Gasteiger charge is -2.27. The van der Waals surface area contributed by atoms with Gasteiger partial charge in [-0.3, -0.25) is 10.2 Å². The van der Waals surface area contributed by atoms with Crippen LogP contribution in [0.4, 0.5) is 0 Å². The van der Waals surface area contributed by atoms with E-state index in [1.165, 1.54) is 0 Å². The summed E-state index contributed by atoms with van der Waals surface area (Å²) in [7, 11) is 0. The average Bonchev–Trinajstić information content (AvgIpc) is 3.47. The molecule has 2 aliphatic rings. The first-order valence-corrected chi connectivity index (χ1v) is 11.8. The second-order valence-electron chi connectivity index (χ2n) is 8.09. The van der Waals surface area contributed by atoms with Crippen molar-refractivity contribution in [2.45, 2.75) is 31.2 Å². The molecule has 0 aliphatic carbocycles. The summed E-state index contributed by atoms with van der Waals surface area (Å²) in [5, 5.41) is 10.9. The highest BCUT2D eigenvalue weighted by Gasteiger charge is 2.45. The van der Waals surface area contributed by atoms with Crippen molar-refractivity contribution in [3.8, 4) is 5.75 Å². The van der Waals surface area contributed by atoms with Crippen molar-refractivity contribution in [2.24, 2.45) is 4.99 Å². The third-order valence-electron chi connectivity index (χ3n) is 5.66. The van der Waals surface area contributed by atoms with Crippen molar-refractivity contribution in [3.63, 3.8) is 0 Å². The highest BCUT2D eigenvalue weighted by atomic mass is 79.9. The van der Waals surface area contributed by atoms with E-state index in [1.54, 1.807) is 0 Å². The predicted octanol–water partition coefficient (Wildman–Crippen LogP) is 3.10. The van der Waals surface area contributed by atoms with Crippen molar-refractivity contribution in [2.75, 3.05) is 32.9 Å². The van der Waals surface area contributed by atoms with E-state index in [1.807, 2.05) is 53.5 Å². The normalized spacial score (nSPS) is 20.6. The molecule has 0 bridgehead atoms. The van der Waals surface area contributed by atoms with Crippen molar-refractivity contribution in [1.82, 2.24) is 10.4 Å². The molecule has 1 atom stereocenters. The fraction of sp³-hybridized carbons (Fsp3) is 0.417. The molecule has 1 amide bonds. The van der Waals surface area contributed by atoms with Crippen LogP contribution in [0.2, 0.25) is 0 Å². The Morgan fingerprint density at radius 2 is 1.94 bits per heavy atom. The fourth-order valence-electron chi connectivity index (χ4n) is 3.86. The average molecular weight is 502 g/mol. The maximum absolute atomic E-state index is 13.4. The quantitative estimate of drug-likeness (QED) is 0.515. The Hall–Kier alpha value is -2.42. The van der Waals surface area contributed by atoms with Crippen LogP contribution in [0.5, 0.6) is 5.75 Å². The number of hydrazine groups is 1. The van der Waals surface area contributed by atoms with Gasteiger partial charge in [-0.2, -0.15) is 0 Å². The number of nitrogens with one attached hydrogen (secondary N) is 1. The van der Waals surface area contributed by atoms with Gasteiger partial charge in [0.1, 0.15) is 12.4 Å². The van der Waals surface area contributed by atoms with Crippen molar-refractivity contribution in [1.29, 1.82) is 0 Å². The van der Waals surface area contributed by atoms with Gasteiger partial charge in [-0.15, -0.1) is 0 Å². The molecule has 1 fully saturated rings. The van der Waals surface area contributed by atoms with E-state index in [0.717, 1.165) is 41.5 Å². The van der Waals surface area contributed by atoms with Crippen LogP contribution in [0.3, 0.4) is 0 Å². The van der Waals surface area contributed by atoms with E-state index in [9.17, 15) is 4.79 Å². The van der Waals surface area contributed by atoms with Crippen LogP contribution >= 0.6 is 15.9 Å². The lowest BCUT2D eigenvalue weighted by molar-refractivity contribution is -0.131. The van der Waals surface area contributed by atoms with E-state index >= 15 is 0 Å². The van der Waals surface area contributed by atoms with Crippen molar-refractivity contribution >= 4 is 27.7 Å². The van der Waals surface area contributed by atoms with Crippen LogP contribution in [0, 0.1) is 0 Å². The van der Waals surface area contributed by atoms with Crippen LogP contribution in [-0.4, -0.2) is 60.4 Å². The van der Waals surface area contributed by atoms with Gasteiger partial charge in [-0.05, 0) is 48.7 Å². The molecular weight excluding hydrogens is 474 g/mol. The van der Waals surface area contributed by atoms with E-state index in [2.05, 4.69) is 21.4 Å². The summed E-state index contributed by atoms with van der Waals surface area (Å²) in [4.78, 5) is 18.3. The predicted molar refractivity (Wildman–Crippen MR) is 126 cm³/mol. The molecule has 32 heavy (non-hydrogen) atoms. The second-order valence-corrected chi connectivity index (χ2v) is 8.94. The number of amides is 1. The number of carbonyl (C=O) groups is 1. The van der Waals surface area contributed by atoms with Gasteiger partial charge in [0.05, 0.1) is 6.61 Å². The first-order chi connectivity index (χ1) is 15.6. The maximum Gasteiger partial charge on any atom is 0.266 e. The fourth-order valence-corrected chi connectivity index (χ4v) is 4.29. The first-order valence-electron chi connectivity index (χ1n) is 11.0. The van der Waals surface area contributed by atoms with Gasteiger partial charge in [0, 0.05) is 42.6 Å². The van der Waals surface area contributed by atoms with Crippen LogP contribution in [0.1, 0.15) is 30.4 Å². The summed E-state index contributed by atoms with van der Waals surface area (Å²) in [6, 6.07) is 15.3. The molecule has 8 heteroatoms. The molecule has 0 unspecified atom stereocenters. The minimum atomic E-state index is -1.04. The molecule has 2 heterocycles. The van der Waals surface area contributed by atoms with Crippen LogP contribution in [0.25, 0.3) is 0 Å². The Balaban J connectivity index is 1.57. The zero-order valence-electron chi connectivity index (χ0n) is 17.9. The van der Waals surface area contributed by atoms with Crippen LogP contribution in [-0.2, 0) is 16.0 Å². The molecule has 0 saturated carbocycles. The summed E-state index contributed by atoms with van der Waals surface area (Å²) in [5.74, 6) is 1.02. The molecule has 170 valence electrons. The maximum atomic E-state index is 13.4. The number of carbonyl (C=O) groups excluding carboxylic acids is 1. The SMILES string of the molecule is O=C(NN1CCCC1)[C@]1(Cc2ccccc2Br)COC(c2ccc(OCCCO)cc2)=N1. The van der Waals surface area contributed by atoms with Gasteiger partial charge < -0.3 is 14.6 Å². The Morgan fingerprint density at radius 1 is 1.19 bits per heavy atom. The van der Waals surface area contributed by atoms with Gasteiger partial charge >= 0.3 is 0 Å². The number of benzene rings is 2. The summed E-state index contributed by atoms with van der Waals surface area (Å²) in [6.45, 7) is 2.44. The monoisotopic (exact) mass is 501 g/mol. The molecule has 0 radical (unpaired) electrons. The number of aliphatic imine (C=N–C) groups is 1. The molecule has 2 aliphatic heterocycles. The zero-order valence-corrected chi connectivity index (χ0v) is 19.5. The first kappa shape index (κ1) is 22.8. The smallest absolute Gasteiger partial charge is 0.266 e. The number of ether oxygens (including phenoxy) is 2. The molecular formula is C24H28BrN3O4. The number of aliphatic hydroxyl groups is 1. The Morgan fingerprint density at radius 3 is 2.66 bits per heavy atom. The highest BCUT2D eigenvalue weighted by molar-refractivity contribution is 9.10. The summed E-state index contributed by atoms with van der Waals surface area (Å²) >= 11 is 3.60. The number of hydrogen-bond donors (Lipinski definition) is 2. The molecule has 7 nitrogen and oxygen atoms in total. The lowest BCUT2D eigenvalue weighted by atomic mass is 9.91. The topological polar surface area (TPSA) is 83.4 Å². The largest absolute Gasteiger partial charge is 0.494 e. The Bertz CT molecular complexity index is 960. The zero-order chi connectivity index (χ0) is 22.4. The van der Waals surface area contributed by atoms with Gasteiger partial charge in [0.15, 0.2) is 5.54 Å². The van der Waals surface area contributed by atoms with Crippen LogP contribution in [0.15, 0.2) is 58.0 Å². The number of hydrogen-bond acceptors (Lipinski definition) is 6. The molecule has 2 N–H and O–H groups in total. The third kappa shape index (κ3) is 5.31. The molecule has 2 aromatic rings. The van der Waals surface area contributed by atoms with E-state index < -0.39 is 5.54 Å².